The topological polar surface area (TPSA) is 74.4 Å². The first-order chi connectivity index (χ1) is 10.8. The lowest BCUT2D eigenvalue weighted by molar-refractivity contribution is 0.0158. The molecule has 1 N–H and O–H groups in total. The van der Waals surface area contributed by atoms with E-state index >= 15 is 0 Å². The molecule has 0 radical (unpaired) electrons. The maximum absolute atomic E-state index is 12.3. The van der Waals surface area contributed by atoms with Crippen molar-refractivity contribution in [3.05, 3.63) is 18.3 Å². The third-order valence-electron chi connectivity index (χ3n) is 3.80. The summed E-state index contributed by atoms with van der Waals surface area (Å²) in [6, 6.07) is 3.90. The van der Waals surface area contributed by atoms with Gasteiger partial charge in [0.2, 0.25) is 5.95 Å². The van der Waals surface area contributed by atoms with Crippen molar-refractivity contribution >= 4 is 23.2 Å². The van der Waals surface area contributed by atoms with Gasteiger partial charge < -0.3 is 19.5 Å². The number of hydrogen-bond acceptors (Lipinski definition) is 5. The predicted octanol–water partition coefficient (Wildman–Crippen LogP) is 2.40. The standard InChI is InChI=1S/C16H23N5O2/c1-11-10-20(8-9-21(11)15(22)23-16(2,3)4)14-18-12-6-5-7-17-13(12)19-14/h5-7,11H,8-10H2,1-4H3,(H,17,18,19). The van der Waals surface area contributed by atoms with Crippen LogP contribution in [0.15, 0.2) is 18.3 Å². The van der Waals surface area contributed by atoms with E-state index in [2.05, 4.69) is 19.9 Å². The van der Waals surface area contributed by atoms with Crippen molar-refractivity contribution in [3.63, 3.8) is 0 Å². The van der Waals surface area contributed by atoms with E-state index in [0.717, 1.165) is 11.5 Å². The first-order valence-electron chi connectivity index (χ1n) is 7.89. The highest BCUT2D eigenvalue weighted by Gasteiger charge is 2.31. The molecular formula is C16H23N5O2. The highest BCUT2D eigenvalue weighted by molar-refractivity contribution is 5.73. The number of imidazole rings is 1. The van der Waals surface area contributed by atoms with Gasteiger partial charge in [-0.25, -0.2) is 9.78 Å². The molecule has 1 saturated heterocycles. The zero-order valence-electron chi connectivity index (χ0n) is 14.0. The summed E-state index contributed by atoms with van der Waals surface area (Å²) in [6.45, 7) is 9.70. The predicted molar refractivity (Wildman–Crippen MR) is 88.5 cm³/mol. The SMILES string of the molecule is CC1CN(c2nc3ncccc3[nH]2)CCN1C(=O)OC(C)(C)C. The van der Waals surface area contributed by atoms with Crippen LogP contribution in [-0.2, 0) is 4.74 Å². The van der Waals surface area contributed by atoms with Crippen molar-refractivity contribution in [1.82, 2.24) is 19.9 Å². The molecule has 0 bridgehead atoms. The highest BCUT2D eigenvalue weighted by Crippen LogP contribution is 2.20. The van der Waals surface area contributed by atoms with Gasteiger partial charge in [0, 0.05) is 31.9 Å². The quantitative estimate of drug-likeness (QED) is 0.874. The summed E-state index contributed by atoms with van der Waals surface area (Å²) < 4.78 is 5.47. The second-order valence-corrected chi connectivity index (χ2v) is 6.90. The number of anilines is 1. The minimum Gasteiger partial charge on any atom is -0.444 e. The van der Waals surface area contributed by atoms with Gasteiger partial charge in [0.15, 0.2) is 5.65 Å². The molecule has 2 aromatic rings. The van der Waals surface area contributed by atoms with Crippen LogP contribution in [0.4, 0.5) is 10.7 Å². The first-order valence-corrected chi connectivity index (χ1v) is 7.89. The summed E-state index contributed by atoms with van der Waals surface area (Å²) >= 11 is 0. The Labute approximate surface area is 135 Å². The molecule has 2 aromatic heterocycles. The van der Waals surface area contributed by atoms with Crippen LogP contribution in [0.3, 0.4) is 0 Å². The first kappa shape index (κ1) is 15.6. The summed E-state index contributed by atoms with van der Waals surface area (Å²) in [4.78, 5) is 28.2. The summed E-state index contributed by atoms with van der Waals surface area (Å²) in [6.07, 6.45) is 1.48. The van der Waals surface area contributed by atoms with Gasteiger partial charge in [0.05, 0.1) is 5.52 Å². The van der Waals surface area contributed by atoms with Gasteiger partial charge in [0.25, 0.3) is 0 Å². The van der Waals surface area contributed by atoms with E-state index in [9.17, 15) is 4.79 Å². The van der Waals surface area contributed by atoms with Crippen LogP contribution in [0.5, 0.6) is 0 Å². The van der Waals surface area contributed by atoms with Crippen LogP contribution in [0.1, 0.15) is 27.7 Å². The lowest BCUT2D eigenvalue weighted by Crippen LogP contribution is -2.55. The van der Waals surface area contributed by atoms with Gasteiger partial charge >= 0.3 is 6.09 Å². The fourth-order valence-electron chi connectivity index (χ4n) is 2.72. The fraction of sp³-hybridized carbons (Fsp3) is 0.562. The Morgan fingerprint density at radius 1 is 1.39 bits per heavy atom. The van der Waals surface area contributed by atoms with Crippen LogP contribution in [0.25, 0.3) is 11.2 Å². The monoisotopic (exact) mass is 317 g/mol. The molecule has 1 atom stereocenters. The maximum Gasteiger partial charge on any atom is 0.410 e. The van der Waals surface area contributed by atoms with Gasteiger partial charge in [-0.3, -0.25) is 0 Å². The smallest absolute Gasteiger partial charge is 0.410 e. The molecule has 0 aromatic carbocycles. The third-order valence-corrected chi connectivity index (χ3v) is 3.80. The Kier molecular flexibility index (Phi) is 3.87. The third kappa shape index (κ3) is 3.38. The second kappa shape index (κ2) is 5.72. The number of ether oxygens (including phenoxy) is 1. The van der Waals surface area contributed by atoms with Crippen molar-refractivity contribution in [2.45, 2.75) is 39.3 Å². The minimum absolute atomic E-state index is 0.0553. The van der Waals surface area contributed by atoms with Crippen molar-refractivity contribution in [3.8, 4) is 0 Å². The normalized spacial score (nSPS) is 19.2. The number of hydrogen-bond donors (Lipinski definition) is 1. The van der Waals surface area contributed by atoms with E-state index in [1.165, 1.54) is 0 Å². The number of amides is 1. The average molecular weight is 317 g/mol. The summed E-state index contributed by atoms with van der Waals surface area (Å²) in [5.74, 6) is 0.800. The van der Waals surface area contributed by atoms with E-state index in [1.54, 1.807) is 11.1 Å². The van der Waals surface area contributed by atoms with Crippen molar-refractivity contribution < 1.29 is 9.53 Å². The molecule has 124 valence electrons. The number of pyridine rings is 1. The van der Waals surface area contributed by atoms with Crippen LogP contribution >= 0.6 is 0 Å². The van der Waals surface area contributed by atoms with Crippen LogP contribution in [0.2, 0.25) is 0 Å². The van der Waals surface area contributed by atoms with E-state index in [4.69, 9.17) is 4.74 Å². The van der Waals surface area contributed by atoms with Crippen LogP contribution < -0.4 is 4.90 Å². The molecule has 0 spiro atoms. The Morgan fingerprint density at radius 3 is 2.83 bits per heavy atom. The molecule has 1 fully saturated rings. The fourth-order valence-corrected chi connectivity index (χ4v) is 2.72. The molecule has 1 aliphatic rings. The largest absolute Gasteiger partial charge is 0.444 e. The molecule has 23 heavy (non-hydrogen) atoms. The molecule has 3 rings (SSSR count). The highest BCUT2D eigenvalue weighted by atomic mass is 16.6. The molecule has 7 heteroatoms. The zero-order chi connectivity index (χ0) is 16.6. The summed E-state index contributed by atoms with van der Waals surface area (Å²) in [5.41, 5.74) is 1.16. The number of carbonyl (C=O) groups excluding carboxylic acids is 1. The van der Waals surface area contributed by atoms with E-state index < -0.39 is 5.60 Å². The Morgan fingerprint density at radius 2 is 2.17 bits per heavy atom. The lowest BCUT2D eigenvalue weighted by atomic mass is 10.2. The molecule has 0 aliphatic carbocycles. The van der Waals surface area contributed by atoms with Gasteiger partial charge in [-0.1, -0.05) is 0 Å². The number of piperazine rings is 1. The van der Waals surface area contributed by atoms with E-state index in [-0.39, 0.29) is 12.1 Å². The number of nitrogens with zero attached hydrogens (tertiary/aromatic N) is 4. The Hall–Kier alpha value is -2.31. The number of aromatic amines is 1. The molecular weight excluding hydrogens is 294 g/mol. The van der Waals surface area contributed by atoms with Crippen LogP contribution in [-0.4, -0.2) is 57.2 Å². The van der Waals surface area contributed by atoms with Gasteiger partial charge in [-0.05, 0) is 39.8 Å². The van der Waals surface area contributed by atoms with Crippen molar-refractivity contribution in [2.24, 2.45) is 0 Å². The molecule has 7 nitrogen and oxygen atoms in total. The summed E-state index contributed by atoms with van der Waals surface area (Å²) in [5, 5.41) is 0. The van der Waals surface area contributed by atoms with Gasteiger partial charge in [-0.15, -0.1) is 0 Å². The van der Waals surface area contributed by atoms with Gasteiger partial charge in [0.1, 0.15) is 5.60 Å². The number of H-pyrrole nitrogens is 1. The number of aromatic nitrogens is 3. The Bertz CT molecular complexity index is 673. The number of carbonyl (C=O) groups is 1. The van der Waals surface area contributed by atoms with Crippen LogP contribution in [0, 0.1) is 0 Å². The van der Waals surface area contributed by atoms with E-state index in [1.807, 2.05) is 39.8 Å². The second-order valence-electron chi connectivity index (χ2n) is 6.90. The Balaban J connectivity index is 1.69. The molecule has 1 unspecified atom stereocenters. The van der Waals surface area contributed by atoms with E-state index in [0.29, 0.717) is 25.3 Å². The lowest BCUT2D eigenvalue weighted by Gasteiger charge is -2.40. The zero-order valence-corrected chi connectivity index (χ0v) is 14.0. The molecule has 1 aliphatic heterocycles. The minimum atomic E-state index is -0.474. The maximum atomic E-state index is 12.3. The number of nitrogens with one attached hydrogen (secondary N) is 1. The molecule has 0 saturated carbocycles. The average Bonchev–Trinajstić information content (AvgIpc) is 2.89. The number of rotatable bonds is 1. The summed E-state index contributed by atoms with van der Waals surface area (Å²) in [7, 11) is 0. The van der Waals surface area contributed by atoms with Crippen molar-refractivity contribution in [2.75, 3.05) is 24.5 Å². The van der Waals surface area contributed by atoms with Gasteiger partial charge in [-0.2, -0.15) is 4.98 Å². The molecule has 1 amide bonds. The number of fused-ring (bicyclic) bond motifs is 1. The molecule has 3 heterocycles. The van der Waals surface area contributed by atoms with Crippen molar-refractivity contribution in [1.29, 1.82) is 0 Å².